The number of carbonyl (C=O) groups excluding carboxylic acids is 1. The van der Waals surface area contributed by atoms with Crippen molar-refractivity contribution in [2.45, 2.75) is 37.8 Å². The lowest BCUT2D eigenvalue weighted by molar-refractivity contribution is 0.102. The minimum Gasteiger partial charge on any atom is -0.393 e. The van der Waals surface area contributed by atoms with E-state index in [1.807, 2.05) is 30.3 Å². The molecule has 3 aromatic heterocycles. The van der Waals surface area contributed by atoms with Crippen molar-refractivity contribution >= 4 is 39.5 Å². The van der Waals surface area contributed by atoms with Gasteiger partial charge in [-0.15, -0.1) is 0 Å². The van der Waals surface area contributed by atoms with E-state index < -0.39 is 0 Å². The Labute approximate surface area is 178 Å². The fraction of sp³-hybridized carbons (Fsp3) is 0.261. The number of benzene rings is 1. The fourth-order valence-corrected chi connectivity index (χ4v) is 3.98. The molecule has 8 nitrogen and oxygen atoms in total. The average molecular weight is 414 g/mol. The number of pyridine rings is 2. The maximum Gasteiger partial charge on any atom is 0.259 e. The van der Waals surface area contributed by atoms with Crippen LogP contribution in [0.15, 0.2) is 55.0 Å². The smallest absolute Gasteiger partial charge is 0.259 e. The number of aliphatic hydroxyl groups is 1. The second-order valence-corrected chi connectivity index (χ2v) is 7.78. The second kappa shape index (κ2) is 8.23. The Morgan fingerprint density at radius 1 is 0.903 bits per heavy atom. The molecule has 0 spiro atoms. The molecule has 0 radical (unpaired) electrons. The van der Waals surface area contributed by atoms with Gasteiger partial charge in [0.15, 0.2) is 5.82 Å². The molecule has 1 amide bonds. The summed E-state index contributed by atoms with van der Waals surface area (Å²) >= 11 is 0. The number of hydrogen-bond acceptors (Lipinski definition) is 7. The molecule has 1 aromatic carbocycles. The largest absolute Gasteiger partial charge is 0.393 e. The zero-order valence-corrected chi connectivity index (χ0v) is 16.8. The van der Waals surface area contributed by atoms with Crippen molar-refractivity contribution in [3.05, 3.63) is 60.6 Å². The van der Waals surface area contributed by atoms with E-state index in [2.05, 4.69) is 30.6 Å². The number of nitrogens with zero attached hydrogens (tertiary/aromatic N) is 4. The Hall–Kier alpha value is -3.65. The van der Waals surface area contributed by atoms with Crippen molar-refractivity contribution in [2.75, 3.05) is 10.6 Å². The van der Waals surface area contributed by atoms with Gasteiger partial charge in [-0.1, -0.05) is 18.2 Å². The SMILES string of the molecule is O=C(Nc1nccc2cccnc12)c1cccc2cnc(N[C@H]3CC[C@H](O)CC3)nc12. The third-order valence-electron chi connectivity index (χ3n) is 5.64. The zero-order chi connectivity index (χ0) is 21.2. The predicted octanol–water partition coefficient (Wildman–Crippen LogP) is 3.54. The zero-order valence-electron chi connectivity index (χ0n) is 16.8. The van der Waals surface area contributed by atoms with Crippen molar-refractivity contribution in [1.29, 1.82) is 0 Å². The lowest BCUT2D eigenvalue weighted by Gasteiger charge is -2.26. The van der Waals surface area contributed by atoms with E-state index >= 15 is 0 Å². The highest BCUT2D eigenvalue weighted by molar-refractivity contribution is 6.13. The summed E-state index contributed by atoms with van der Waals surface area (Å²) in [6, 6.07) is 11.3. The van der Waals surface area contributed by atoms with E-state index in [0.29, 0.717) is 28.4 Å². The Balaban J connectivity index is 1.44. The van der Waals surface area contributed by atoms with Crippen LogP contribution in [0.25, 0.3) is 21.8 Å². The molecule has 5 rings (SSSR count). The van der Waals surface area contributed by atoms with Crippen LogP contribution in [-0.4, -0.2) is 43.1 Å². The summed E-state index contributed by atoms with van der Waals surface area (Å²) in [5.41, 5.74) is 1.65. The van der Waals surface area contributed by atoms with Crippen LogP contribution in [0.4, 0.5) is 11.8 Å². The normalized spacial score (nSPS) is 18.7. The molecule has 3 heterocycles. The molecule has 0 atom stereocenters. The molecule has 1 aliphatic carbocycles. The molecule has 31 heavy (non-hydrogen) atoms. The number of anilines is 2. The maximum atomic E-state index is 13.1. The number of rotatable bonds is 4. The van der Waals surface area contributed by atoms with E-state index in [0.717, 1.165) is 36.5 Å². The van der Waals surface area contributed by atoms with E-state index in [4.69, 9.17) is 0 Å². The number of aliphatic hydroxyl groups excluding tert-OH is 1. The van der Waals surface area contributed by atoms with Crippen molar-refractivity contribution < 1.29 is 9.90 Å². The van der Waals surface area contributed by atoms with Gasteiger partial charge < -0.3 is 15.7 Å². The molecular formula is C23H22N6O2. The first-order chi connectivity index (χ1) is 15.2. The van der Waals surface area contributed by atoms with Gasteiger partial charge in [-0.2, -0.15) is 0 Å². The number of fused-ring (bicyclic) bond motifs is 2. The standard InChI is InChI=1S/C23H22N6O2/c30-17-8-6-16(7-9-17)27-23-26-13-15-3-1-5-18(19(15)28-23)22(31)29-21-20-14(10-12-25-21)4-2-11-24-20/h1-5,10-13,16-17,30H,6-9H2,(H,25,29,31)(H,26,27,28)/t16-,17-. The Kier molecular flexibility index (Phi) is 5.13. The number of para-hydroxylation sites is 1. The summed E-state index contributed by atoms with van der Waals surface area (Å²) in [6.45, 7) is 0. The number of nitrogens with one attached hydrogen (secondary N) is 2. The monoisotopic (exact) mass is 414 g/mol. The third kappa shape index (κ3) is 4.02. The van der Waals surface area contributed by atoms with Gasteiger partial charge in [0.2, 0.25) is 5.95 Å². The van der Waals surface area contributed by atoms with Crippen LogP contribution in [0.2, 0.25) is 0 Å². The van der Waals surface area contributed by atoms with Gasteiger partial charge >= 0.3 is 0 Å². The van der Waals surface area contributed by atoms with Gasteiger partial charge in [0.05, 0.1) is 17.2 Å². The molecule has 1 saturated carbocycles. The first-order valence-corrected chi connectivity index (χ1v) is 10.4. The van der Waals surface area contributed by atoms with Crippen LogP contribution in [0.5, 0.6) is 0 Å². The third-order valence-corrected chi connectivity index (χ3v) is 5.64. The minimum absolute atomic E-state index is 0.216. The van der Waals surface area contributed by atoms with Crippen LogP contribution >= 0.6 is 0 Å². The van der Waals surface area contributed by atoms with Gasteiger partial charge in [-0.05, 0) is 43.9 Å². The summed E-state index contributed by atoms with van der Waals surface area (Å²) in [4.78, 5) is 30.8. The summed E-state index contributed by atoms with van der Waals surface area (Å²) < 4.78 is 0. The lowest BCUT2D eigenvalue weighted by Crippen LogP contribution is -2.29. The molecule has 156 valence electrons. The molecule has 0 saturated heterocycles. The molecule has 3 N–H and O–H groups in total. The Morgan fingerprint density at radius 2 is 1.74 bits per heavy atom. The second-order valence-electron chi connectivity index (χ2n) is 7.78. The molecular weight excluding hydrogens is 392 g/mol. The summed E-state index contributed by atoms with van der Waals surface area (Å²) in [7, 11) is 0. The van der Waals surface area contributed by atoms with Crippen LogP contribution in [0.3, 0.4) is 0 Å². The molecule has 0 bridgehead atoms. The minimum atomic E-state index is -0.304. The van der Waals surface area contributed by atoms with Crippen LogP contribution in [-0.2, 0) is 0 Å². The maximum absolute atomic E-state index is 13.1. The number of amides is 1. The van der Waals surface area contributed by atoms with E-state index in [1.165, 1.54) is 0 Å². The predicted molar refractivity (Wildman–Crippen MR) is 119 cm³/mol. The molecule has 8 heteroatoms. The summed E-state index contributed by atoms with van der Waals surface area (Å²) in [6.07, 6.45) is 8.09. The average Bonchev–Trinajstić information content (AvgIpc) is 2.80. The van der Waals surface area contributed by atoms with Crippen molar-refractivity contribution in [1.82, 2.24) is 19.9 Å². The highest BCUT2D eigenvalue weighted by atomic mass is 16.3. The quantitative estimate of drug-likeness (QED) is 0.468. The topological polar surface area (TPSA) is 113 Å². The molecule has 1 fully saturated rings. The first kappa shape index (κ1) is 19.3. The van der Waals surface area contributed by atoms with Crippen LogP contribution in [0, 0.1) is 0 Å². The summed E-state index contributed by atoms with van der Waals surface area (Å²) in [5, 5.41) is 17.6. The number of aromatic nitrogens is 4. The van der Waals surface area contributed by atoms with Crippen molar-refractivity contribution in [2.24, 2.45) is 0 Å². The van der Waals surface area contributed by atoms with Crippen LogP contribution in [0.1, 0.15) is 36.0 Å². The highest BCUT2D eigenvalue weighted by Gasteiger charge is 2.20. The fourth-order valence-electron chi connectivity index (χ4n) is 3.98. The van der Waals surface area contributed by atoms with Crippen LogP contribution < -0.4 is 10.6 Å². The Bertz CT molecular complexity index is 1250. The Morgan fingerprint density at radius 3 is 2.61 bits per heavy atom. The van der Waals surface area contributed by atoms with Gasteiger partial charge in [-0.25, -0.2) is 15.0 Å². The first-order valence-electron chi connectivity index (χ1n) is 10.4. The van der Waals surface area contributed by atoms with Crippen molar-refractivity contribution in [3.63, 3.8) is 0 Å². The molecule has 0 aliphatic heterocycles. The van der Waals surface area contributed by atoms with Gasteiger partial charge in [0, 0.05) is 35.4 Å². The van der Waals surface area contributed by atoms with Gasteiger partial charge in [0.1, 0.15) is 5.52 Å². The van der Waals surface area contributed by atoms with E-state index in [-0.39, 0.29) is 18.1 Å². The van der Waals surface area contributed by atoms with E-state index in [9.17, 15) is 9.90 Å². The van der Waals surface area contributed by atoms with E-state index in [1.54, 1.807) is 24.7 Å². The number of hydrogen-bond donors (Lipinski definition) is 3. The molecule has 0 unspecified atom stereocenters. The van der Waals surface area contributed by atoms with Gasteiger partial charge in [-0.3, -0.25) is 9.78 Å². The lowest BCUT2D eigenvalue weighted by atomic mass is 9.93. The molecule has 1 aliphatic rings. The van der Waals surface area contributed by atoms with Crippen molar-refractivity contribution in [3.8, 4) is 0 Å². The van der Waals surface area contributed by atoms with Gasteiger partial charge in [0.25, 0.3) is 5.91 Å². The molecule has 4 aromatic rings. The highest BCUT2D eigenvalue weighted by Crippen LogP contribution is 2.24. The summed E-state index contributed by atoms with van der Waals surface area (Å²) in [5.74, 6) is 0.592. The number of carbonyl (C=O) groups is 1.